The minimum atomic E-state index is -0.154. The van der Waals surface area contributed by atoms with Crippen molar-refractivity contribution < 1.29 is 14.3 Å². The predicted molar refractivity (Wildman–Crippen MR) is 115 cm³/mol. The quantitative estimate of drug-likeness (QED) is 0.208. The van der Waals surface area contributed by atoms with Gasteiger partial charge in [-0.25, -0.2) is 0 Å². The SMILES string of the molecule is CCCCCCCCC=CC=CC1OC(CCCC(=O)OC)c2ccccc21. The van der Waals surface area contributed by atoms with E-state index in [1.165, 1.54) is 56.8 Å². The number of fused-ring (bicyclic) bond motifs is 1. The van der Waals surface area contributed by atoms with Gasteiger partial charge in [0.25, 0.3) is 0 Å². The van der Waals surface area contributed by atoms with Crippen molar-refractivity contribution in [3.8, 4) is 0 Å². The van der Waals surface area contributed by atoms with Gasteiger partial charge in [-0.2, -0.15) is 0 Å². The Bertz CT molecular complexity index is 632. The largest absolute Gasteiger partial charge is 0.469 e. The summed E-state index contributed by atoms with van der Waals surface area (Å²) in [5, 5.41) is 0. The number of esters is 1. The van der Waals surface area contributed by atoms with Crippen molar-refractivity contribution in [2.75, 3.05) is 7.11 Å². The van der Waals surface area contributed by atoms with Gasteiger partial charge in [0.1, 0.15) is 6.10 Å². The summed E-state index contributed by atoms with van der Waals surface area (Å²) in [7, 11) is 1.44. The van der Waals surface area contributed by atoms with E-state index >= 15 is 0 Å². The predicted octanol–water partition coefficient (Wildman–Crippen LogP) is 7.01. The Kier molecular flexibility index (Phi) is 10.7. The van der Waals surface area contributed by atoms with Crippen molar-refractivity contribution in [1.29, 1.82) is 0 Å². The zero-order chi connectivity index (χ0) is 20.0. The molecule has 0 amide bonds. The van der Waals surface area contributed by atoms with Crippen LogP contribution >= 0.6 is 0 Å². The fourth-order valence-corrected chi connectivity index (χ4v) is 3.68. The fraction of sp³-hybridized carbons (Fsp3) is 0.560. The van der Waals surface area contributed by atoms with Gasteiger partial charge in [0.15, 0.2) is 0 Å². The summed E-state index contributed by atoms with van der Waals surface area (Å²) in [6.45, 7) is 2.26. The van der Waals surface area contributed by atoms with Crippen LogP contribution in [0.3, 0.4) is 0 Å². The Balaban J connectivity index is 1.76. The third kappa shape index (κ3) is 7.63. The van der Waals surface area contributed by atoms with Crippen molar-refractivity contribution in [2.45, 2.75) is 83.3 Å². The van der Waals surface area contributed by atoms with E-state index in [1.54, 1.807) is 0 Å². The molecule has 28 heavy (non-hydrogen) atoms. The van der Waals surface area contributed by atoms with E-state index in [2.05, 4.69) is 55.5 Å². The lowest BCUT2D eigenvalue weighted by molar-refractivity contribution is -0.140. The Morgan fingerprint density at radius 3 is 2.57 bits per heavy atom. The molecule has 0 fully saturated rings. The maximum Gasteiger partial charge on any atom is 0.305 e. The number of hydrogen-bond acceptors (Lipinski definition) is 3. The molecule has 0 aromatic heterocycles. The molecule has 3 nitrogen and oxygen atoms in total. The number of methoxy groups -OCH3 is 1. The van der Waals surface area contributed by atoms with Gasteiger partial charge in [0.05, 0.1) is 13.2 Å². The first kappa shape index (κ1) is 22.4. The van der Waals surface area contributed by atoms with Crippen LogP contribution in [-0.4, -0.2) is 13.1 Å². The number of rotatable bonds is 13. The van der Waals surface area contributed by atoms with Gasteiger partial charge < -0.3 is 9.47 Å². The lowest BCUT2D eigenvalue weighted by atomic mass is 9.99. The zero-order valence-corrected chi connectivity index (χ0v) is 17.6. The average Bonchev–Trinajstić information content (AvgIpc) is 3.07. The summed E-state index contributed by atoms with van der Waals surface area (Å²) in [5.41, 5.74) is 2.49. The van der Waals surface area contributed by atoms with E-state index in [0.29, 0.717) is 6.42 Å². The topological polar surface area (TPSA) is 35.5 Å². The van der Waals surface area contributed by atoms with Crippen LogP contribution < -0.4 is 0 Å². The highest BCUT2D eigenvalue weighted by Crippen LogP contribution is 2.42. The van der Waals surface area contributed by atoms with Crippen molar-refractivity contribution in [2.24, 2.45) is 0 Å². The molecule has 1 aromatic rings. The van der Waals surface area contributed by atoms with E-state index in [1.807, 2.05) is 0 Å². The second-order valence-electron chi connectivity index (χ2n) is 7.51. The number of carbonyl (C=O) groups is 1. The maximum atomic E-state index is 11.3. The zero-order valence-electron chi connectivity index (χ0n) is 17.6. The molecule has 0 N–H and O–H groups in total. The van der Waals surface area contributed by atoms with Crippen LogP contribution in [0.4, 0.5) is 0 Å². The number of allylic oxidation sites excluding steroid dienone is 3. The first-order valence-corrected chi connectivity index (χ1v) is 10.9. The van der Waals surface area contributed by atoms with Gasteiger partial charge in [0.2, 0.25) is 0 Å². The molecule has 154 valence electrons. The second kappa shape index (κ2) is 13.3. The van der Waals surface area contributed by atoms with E-state index in [-0.39, 0.29) is 18.2 Å². The second-order valence-corrected chi connectivity index (χ2v) is 7.51. The monoisotopic (exact) mass is 384 g/mol. The van der Waals surface area contributed by atoms with Crippen LogP contribution in [0.25, 0.3) is 0 Å². The molecule has 0 radical (unpaired) electrons. The molecule has 0 saturated carbocycles. The van der Waals surface area contributed by atoms with Crippen molar-refractivity contribution in [3.63, 3.8) is 0 Å². The Hall–Kier alpha value is -1.87. The molecule has 0 saturated heterocycles. The molecule has 2 unspecified atom stereocenters. The Morgan fingerprint density at radius 1 is 1.04 bits per heavy atom. The van der Waals surface area contributed by atoms with Crippen LogP contribution in [0, 0.1) is 0 Å². The summed E-state index contributed by atoms with van der Waals surface area (Å²) in [4.78, 5) is 11.3. The molecule has 1 aliphatic heterocycles. The standard InChI is InChI=1S/C25H36O3/c1-3-4-5-6-7-8-9-10-11-12-18-23-21-16-13-14-17-22(21)24(28-23)19-15-20-25(26)27-2/h10-14,16-18,23-24H,3-9,15,19-20H2,1-2H3. The molecule has 1 heterocycles. The molecule has 3 heteroatoms. The minimum absolute atomic E-state index is 0.00183. The first-order valence-electron chi connectivity index (χ1n) is 10.9. The normalized spacial score (nSPS) is 18.8. The number of carbonyl (C=O) groups excluding carboxylic acids is 1. The fourth-order valence-electron chi connectivity index (χ4n) is 3.68. The molecule has 1 aliphatic rings. The third-order valence-corrected chi connectivity index (χ3v) is 5.29. The van der Waals surface area contributed by atoms with E-state index in [9.17, 15) is 4.79 Å². The van der Waals surface area contributed by atoms with Gasteiger partial charge >= 0.3 is 5.97 Å². The smallest absolute Gasteiger partial charge is 0.305 e. The maximum absolute atomic E-state index is 11.3. The van der Waals surface area contributed by atoms with Crippen LogP contribution in [0.5, 0.6) is 0 Å². The van der Waals surface area contributed by atoms with Crippen LogP contribution in [0.1, 0.15) is 94.5 Å². The minimum Gasteiger partial charge on any atom is -0.469 e. The van der Waals surface area contributed by atoms with Gasteiger partial charge in [-0.1, -0.05) is 87.6 Å². The van der Waals surface area contributed by atoms with Gasteiger partial charge in [0, 0.05) is 6.42 Å². The number of ether oxygens (including phenoxy) is 2. The molecule has 1 aromatic carbocycles. The summed E-state index contributed by atoms with van der Waals surface area (Å²) < 4.78 is 11.0. The molecular formula is C25H36O3. The number of unbranched alkanes of at least 4 members (excludes halogenated alkanes) is 6. The van der Waals surface area contributed by atoms with E-state index in [0.717, 1.165) is 19.3 Å². The Labute approximate surface area is 170 Å². The lowest BCUT2D eigenvalue weighted by Crippen LogP contribution is -2.02. The summed E-state index contributed by atoms with van der Waals surface area (Å²) >= 11 is 0. The van der Waals surface area contributed by atoms with Crippen LogP contribution in [0.15, 0.2) is 48.6 Å². The summed E-state index contributed by atoms with van der Waals surface area (Å²) in [5.74, 6) is -0.154. The molecule has 0 bridgehead atoms. The summed E-state index contributed by atoms with van der Waals surface area (Å²) in [6, 6.07) is 8.40. The number of hydrogen-bond donors (Lipinski definition) is 0. The molecule has 2 rings (SSSR count). The lowest BCUT2D eigenvalue weighted by Gasteiger charge is -2.12. The van der Waals surface area contributed by atoms with Gasteiger partial charge in [-0.3, -0.25) is 4.79 Å². The third-order valence-electron chi connectivity index (χ3n) is 5.29. The summed E-state index contributed by atoms with van der Waals surface area (Å²) in [6.07, 6.45) is 19.9. The molecular weight excluding hydrogens is 348 g/mol. The highest BCUT2D eigenvalue weighted by Gasteiger charge is 2.29. The van der Waals surface area contributed by atoms with Crippen LogP contribution in [-0.2, 0) is 14.3 Å². The van der Waals surface area contributed by atoms with E-state index < -0.39 is 0 Å². The first-order chi connectivity index (χ1) is 13.8. The van der Waals surface area contributed by atoms with Crippen molar-refractivity contribution in [3.05, 3.63) is 59.7 Å². The molecule has 2 atom stereocenters. The Morgan fingerprint density at radius 2 is 1.79 bits per heavy atom. The van der Waals surface area contributed by atoms with E-state index in [4.69, 9.17) is 9.47 Å². The molecule has 0 aliphatic carbocycles. The van der Waals surface area contributed by atoms with Gasteiger partial charge in [-0.05, 0) is 36.8 Å². The van der Waals surface area contributed by atoms with Crippen LogP contribution in [0.2, 0.25) is 0 Å². The molecule has 0 spiro atoms. The number of benzene rings is 1. The average molecular weight is 385 g/mol. The van der Waals surface area contributed by atoms with Crippen molar-refractivity contribution in [1.82, 2.24) is 0 Å². The van der Waals surface area contributed by atoms with Crippen molar-refractivity contribution >= 4 is 5.97 Å². The van der Waals surface area contributed by atoms with Gasteiger partial charge in [-0.15, -0.1) is 0 Å². The highest BCUT2D eigenvalue weighted by molar-refractivity contribution is 5.69. The highest BCUT2D eigenvalue weighted by atomic mass is 16.5.